The molecule has 1 amide bonds. The second-order valence-electron chi connectivity index (χ2n) is 5.72. The van der Waals surface area contributed by atoms with E-state index in [9.17, 15) is 14.7 Å². The summed E-state index contributed by atoms with van der Waals surface area (Å²) in [7, 11) is 0. The summed E-state index contributed by atoms with van der Waals surface area (Å²) >= 11 is 0. The number of nitrogens with one attached hydrogen (secondary N) is 1. The lowest BCUT2D eigenvalue weighted by Crippen LogP contribution is -2.41. The number of carboxylic acids is 1. The van der Waals surface area contributed by atoms with E-state index in [1.807, 2.05) is 27.7 Å². The molecule has 0 bridgehead atoms. The maximum atomic E-state index is 12.0. The largest absolute Gasteiger partial charge is 0.478 e. The molecule has 0 aliphatic carbocycles. The highest BCUT2D eigenvalue weighted by Gasteiger charge is 2.42. The maximum Gasteiger partial charge on any atom is 0.332 e. The van der Waals surface area contributed by atoms with Crippen LogP contribution in [0, 0.1) is 11.8 Å². The highest BCUT2D eigenvalue weighted by molar-refractivity contribution is 6.17. The zero-order valence-corrected chi connectivity index (χ0v) is 12.4. The third kappa shape index (κ3) is 2.69. The SMILES string of the molecule is CC(C1=NC(C)(C(C)C)C(=O)N1)=C(C(=O)O)C(C)C. The van der Waals surface area contributed by atoms with E-state index in [2.05, 4.69) is 10.3 Å². The number of carbonyl (C=O) groups excluding carboxylic acids is 1. The van der Waals surface area contributed by atoms with Gasteiger partial charge in [-0.25, -0.2) is 4.79 Å². The van der Waals surface area contributed by atoms with Gasteiger partial charge in [0.2, 0.25) is 0 Å². The van der Waals surface area contributed by atoms with Crippen molar-refractivity contribution in [3.63, 3.8) is 0 Å². The van der Waals surface area contributed by atoms with Gasteiger partial charge in [0.15, 0.2) is 0 Å². The quantitative estimate of drug-likeness (QED) is 0.764. The van der Waals surface area contributed by atoms with Crippen LogP contribution >= 0.6 is 0 Å². The summed E-state index contributed by atoms with van der Waals surface area (Å²) in [6.45, 7) is 10.9. The van der Waals surface area contributed by atoms with Crippen LogP contribution in [0.15, 0.2) is 16.1 Å². The fourth-order valence-corrected chi connectivity index (χ4v) is 2.08. The van der Waals surface area contributed by atoms with Crippen LogP contribution in [0.5, 0.6) is 0 Å². The molecule has 0 aromatic rings. The summed E-state index contributed by atoms with van der Waals surface area (Å²) < 4.78 is 0. The van der Waals surface area contributed by atoms with Crippen molar-refractivity contribution >= 4 is 17.7 Å². The second kappa shape index (κ2) is 5.15. The lowest BCUT2D eigenvalue weighted by atomic mass is 9.89. The van der Waals surface area contributed by atoms with Crippen LogP contribution in [0.2, 0.25) is 0 Å². The van der Waals surface area contributed by atoms with Gasteiger partial charge in [0.1, 0.15) is 11.4 Å². The molecule has 1 rings (SSSR count). The lowest BCUT2D eigenvalue weighted by Gasteiger charge is -2.21. The molecule has 1 aliphatic heterocycles. The van der Waals surface area contributed by atoms with Crippen LogP contribution < -0.4 is 5.32 Å². The average molecular weight is 266 g/mol. The van der Waals surface area contributed by atoms with Gasteiger partial charge in [-0.15, -0.1) is 0 Å². The Morgan fingerprint density at radius 2 is 1.84 bits per heavy atom. The minimum atomic E-state index is -0.970. The highest BCUT2D eigenvalue weighted by Crippen LogP contribution is 2.28. The number of rotatable bonds is 4. The first-order valence-electron chi connectivity index (χ1n) is 6.47. The fourth-order valence-electron chi connectivity index (χ4n) is 2.08. The second-order valence-corrected chi connectivity index (χ2v) is 5.72. The Labute approximate surface area is 113 Å². The number of aliphatic carboxylic acids is 1. The van der Waals surface area contributed by atoms with Crippen LogP contribution in [-0.4, -0.2) is 28.4 Å². The maximum absolute atomic E-state index is 12.0. The number of amides is 1. The predicted molar refractivity (Wildman–Crippen MR) is 74.0 cm³/mol. The zero-order chi connectivity index (χ0) is 15.0. The first-order chi connectivity index (χ1) is 8.61. The van der Waals surface area contributed by atoms with Gasteiger partial charge in [-0.3, -0.25) is 9.79 Å². The van der Waals surface area contributed by atoms with Gasteiger partial charge in [0, 0.05) is 11.1 Å². The van der Waals surface area contributed by atoms with Crippen molar-refractivity contribution in [3.05, 3.63) is 11.1 Å². The normalized spacial score (nSPS) is 24.4. The van der Waals surface area contributed by atoms with Gasteiger partial charge < -0.3 is 10.4 Å². The molecule has 5 nitrogen and oxygen atoms in total. The van der Waals surface area contributed by atoms with Crippen molar-refractivity contribution in [2.75, 3.05) is 0 Å². The Bertz CT molecular complexity index is 475. The summed E-state index contributed by atoms with van der Waals surface area (Å²) in [6, 6.07) is 0. The van der Waals surface area contributed by atoms with E-state index in [1.165, 1.54) is 0 Å². The summed E-state index contributed by atoms with van der Waals surface area (Å²) in [5.41, 5.74) is -0.00994. The standard InChI is InChI=1S/C14H22N2O3/c1-7(2)10(12(17)18)9(5)11-15-13(19)14(6,16-11)8(3)4/h7-8H,1-6H3,(H,17,18)(H,15,16,19). The number of carbonyl (C=O) groups is 2. The molecule has 0 radical (unpaired) electrons. The van der Waals surface area contributed by atoms with Crippen LogP contribution in [0.1, 0.15) is 41.5 Å². The molecule has 1 heterocycles. The van der Waals surface area contributed by atoms with Gasteiger partial charge in [-0.1, -0.05) is 27.7 Å². The van der Waals surface area contributed by atoms with E-state index in [0.29, 0.717) is 11.4 Å². The molecule has 19 heavy (non-hydrogen) atoms. The van der Waals surface area contributed by atoms with Crippen molar-refractivity contribution in [2.24, 2.45) is 16.8 Å². The predicted octanol–water partition coefficient (Wildman–Crippen LogP) is 1.99. The van der Waals surface area contributed by atoms with Crippen molar-refractivity contribution in [3.8, 4) is 0 Å². The third-order valence-corrected chi connectivity index (χ3v) is 3.73. The number of carboxylic acid groups (broad SMARTS) is 1. The molecule has 0 aromatic carbocycles. The van der Waals surface area contributed by atoms with Crippen molar-refractivity contribution in [1.82, 2.24) is 5.32 Å². The Morgan fingerprint density at radius 3 is 2.16 bits per heavy atom. The van der Waals surface area contributed by atoms with Crippen LogP contribution in [0.25, 0.3) is 0 Å². The molecular formula is C14H22N2O3. The molecule has 0 aromatic heterocycles. The summed E-state index contributed by atoms with van der Waals surface area (Å²) in [6.07, 6.45) is 0. The molecule has 1 aliphatic rings. The fraction of sp³-hybridized carbons (Fsp3) is 0.643. The topological polar surface area (TPSA) is 78.8 Å². The molecule has 5 heteroatoms. The molecule has 0 fully saturated rings. The molecule has 2 N–H and O–H groups in total. The molecular weight excluding hydrogens is 244 g/mol. The number of hydrogen-bond donors (Lipinski definition) is 2. The molecule has 0 spiro atoms. The van der Waals surface area contributed by atoms with E-state index in [4.69, 9.17) is 0 Å². The summed E-state index contributed by atoms with van der Waals surface area (Å²) in [5, 5.41) is 12.0. The minimum absolute atomic E-state index is 0.0464. The minimum Gasteiger partial charge on any atom is -0.478 e. The van der Waals surface area contributed by atoms with Crippen molar-refractivity contribution < 1.29 is 14.7 Å². The Morgan fingerprint density at radius 1 is 1.32 bits per heavy atom. The first-order valence-corrected chi connectivity index (χ1v) is 6.47. The number of nitrogens with zero attached hydrogens (tertiary/aromatic N) is 1. The zero-order valence-electron chi connectivity index (χ0n) is 12.4. The van der Waals surface area contributed by atoms with E-state index in [1.54, 1.807) is 13.8 Å². The van der Waals surface area contributed by atoms with Crippen molar-refractivity contribution in [2.45, 2.75) is 47.1 Å². The van der Waals surface area contributed by atoms with Gasteiger partial charge in [0.25, 0.3) is 5.91 Å². The third-order valence-electron chi connectivity index (χ3n) is 3.73. The van der Waals surface area contributed by atoms with Gasteiger partial charge >= 0.3 is 5.97 Å². The van der Waals surface area contributed by atoms with Gasteiger partial charge in [-0.05, 0) is 25.7 Å². The number of hydrogen-bond acceptors (Lipinski definition) is 3. The Balaban J connectivity index is 3.29. The van der Waals surface area contributed by atoms with Crippen LogP contribution in [0.3, 0.4) is 0 Å². The smallest absolute Gasteiger partial charge is 0.332 e. The van der Waals surface area contributed by atoms with E-state index < -0.39 is 11.5 Å². The molecule has 1 unspecified atom stereocenters. The summed E-state index contributed by atoms with van der Waals surface area (Å²) in [5.74, 6) is -0.853. The van der Waals surface area contributed by atoms with Crippen LogP contribution in [0.4, 0.5) is 0 Å². The van der Waals surface area contributed by atoms with E-state index in [0.717, 1.165) is 0 Å². The molecule has 1 atom stereocenters. The molecule has 0 saturated carbocycles. The molecule has 0 saturated heterocycles. The lowest BCUT2D eigenvalue weighted by molar-refractivity contribution is -0.133. The van der Waals surface area contributed by atoms with Crippen LogP contribution in [-0.2, 0) is 9.59 Å². The monoisotopic (exact) mass is 266 g/mol. The number of aliphatic imine (C=N–C) groups is 1. The highest BCUT2D eigenvalue weighted by atomic mass is 16.4. The average Bonchev–Trinajstić information content (AvgIpc) is 2.55. The first kappa shape index (κ1) is 15.4. The van der Waals surface area contributed by atoms with Crippen molar-refractivity contribution in [1.29, 1.82) is 0 Å². The summed E-state index contributed by atoms with van der Waals surface area (Å²) in [4.78, 5) is 27.7. The van der Waals surface area contributed by atoms with Gasteiger partial charge in [0.05, 0.1) is 0 Å². The van der Waals surface area contributed by atoms with E-state index >= 15 is 0 Å². The Kier molecular flexibility index (Phi) is 4.18. The number of amidine groups is 1. The Hall–Kier alpha value is -1.65. The van der Waals surface area contributed by atoms with Gasteiger partial charge in [-0.2, -0.15) is 0 Å². The molecule has 106 valence electrons. The van der Waals surface area contributed by atoms with E-state index in [-0.39, 0.29) is 23.3 Å².